The third-order valence-corrected chi connectivity index (χ3v) is 4.20. The van der Waals surface area contributed by atoms with Crippen LogP contribution in [0.2, 0.25) is 0 Å². The first-order valence-corrected chi connectivity index (χ1v) is 6.34. The maximum absolute atomic E-state index is 10.2. The van der Waals surface area contributed by atoms with Crippen LogP contribution in [0.25, 0.3) is 0 Å². The summed E-state index contributed by atoms with van der Waals surface area (Å²) in [6.45, 7) is 0. The number of hydrogen-bond acceptors (Lipinski definition) is 4. The lowest BCUT2D eigenvalue weighted by atomic mass is 10.0. The molecule has 0 aliphatic carbocycles. The molecular weight excluding hydrogens is 208 g/mol. The van der Waals surface area contributed by atoms with E-state index in [0.29, 0.717) is 5.82 Å². The van der Waals surface area contributed by atoms with Gasteiger partial charge in [-0.3, -0.25) is 0 Å². The van der Waals surface area contributed by atoms with Crippen molar-refractivity contribution >= 4 is 17.6 Å². The maximum Gasteiger partial charge on any atom is 0.129 e. The molecule has 2 atom stereocenters. The summed E-state index contributed by atoms with van der Waals surface area (Å²) in [5.41, 5.74) is 6.52. The molecule has 0 saturated carbocycles. The number of thioether (sulfide) groups is 1. The van der Waals surface area contributed by atoms with Crippen LogP contribution >= 0.6 is 11.8 Å². The summed E-state index contributed by atoms with van der Waals surface area (Å²) >= 11 is 1.84. The highest BCUT2D eigenvalue weighted by Crippen LogP contribution is 2.35. The first kappa shape index (κ1) is 10.8. The molecule has 0 amide bonds. The number of aromatic nitrogens is 1. The van der Waals surface area contributed by atoms with Crippen LogP contribution in [0.4, 0.5) is 5.82 Å². The Morgan fingerprint density at radius 3 is 3.07 bits per heavy atom. The summed E-state index contributed by atoms with van der Waals surface area (Å²) in [4.78, 5) is 4.00. The van der Waals surface area contributed by atoms with Gasteiger partial charge in [-0.05, 0) is 24.7 Å². The standard InChI is InChI=1S/C11H16N2OS/c12-11-8(4-3-6-13-11)10(14)9-5-1-2-7-15-9/h3-4,6,9-10,14H,1-2,5,7H2,(H2,12,13). The molecule has 2 rings (SSSR count). The summed E-state index contributed by atoms with van der Waals surface area (Å²) in [5.74, 6) is 1.60. The minimum absolute atomic E-state index is 0.283. The normalized spacial score (nSPS) is 23.7. The van der Waals surface area contributed by atoms with Gasteiger partial charge in [-0.1, -0.05) is 12.5 Å². The van der Waals surface area contributed by atoms with E-state index in [1.54, 1.807) is 6.20 Å². The SMILES string of the molecule is Nc1ncccc1C(O)C1CCCCS1. The average Bonchev–Trinajstić information content (AvgIpc) is 2.30. The largest absolute Gasteiger partial charge is 0.387 e. The van der Waals surface area contributed by atoms with Crippen LogP contribution in [-0.2, 0) is 0 Å². The molecular formula is C11H16N2OS. The van der Waals surface area contributed by atoms with Crippen molar-refractivity contribution in [2.75, 3.05) is 11.5 Å². The van der Waals surface area contributed by atoms with Gasteiger partial charge in [-0.2, -0.15) is 11.8 Å². The second-order valence-electron chi connectivity index (χ2n) is 3.83. The number of anilines is 1. The number of hydrogen-bond donors (Lipinski definition) is 2. The molecule has 15 heavy (non-hydrogen) atoms. The second-order valence-corrected chi connectivity index (χ2v) is 5.17. The van der Waals surface area contributed by atoms with Crippen LogP contribution in [0.1, 0.15) is 30.9 Å². The van der Waals surface area contributed by atoms with E-state index in [-0.39, 0.29) is 5.25 Å². The van der Waals surface area contributed by atoms with Crippen molar-refractivity contribution in [3.63, 3.8) is 0 Å². The number of nitrogens with two attached hydrogens (primary N) is 1. The van der Waals surface area contributed by atoms with Crippen LogP contribution < -0.4 is 5.73 Å². The minimum Gasteiger partial charge on any atom is -0.387 e. The van der Waals surface area contributed by atoms with Gasteiger partial charge >= 0.3 is 0 Å². The van der Waals surface area contributed by atoms with Gasteiger partial charge in [0.15, 0.2) is 0 Å². The molecule has 4 heteroatoms. The third kappa shape index (κ3) is 2.44. The van der Waals surface area contributed by atoms with Crippen molar-refractivity contribution in [1.29, 1.82) is 0 Å². The van der Waals surface area contributed by atoms with Gasteiger partial charge in [0.1, 0.15) is 5.82 Å². The fraction of sp³-hybridized carbons (Fsp3) is 0.545. The molecule has 1 aromatic heterocycles. The Bertz CT molecular complexity index is 326. The molecule has 1 aliphatic rings. The van der Waals surface area contributed by atoms with E-state index in [9.17, 15) is 5.11 Å². The van der Waals surface area contributed by atoms with E-state index in [0.717, 1.165) is 17.7 Å². The van der Waals surface area contributed by atoms with E-state index >= 15 is 0 Å². The maximum atomic E-state index is 10.2. The van der Waals surface area contributed by atoms with E-state index in [1.807, 2.05) is 23.9 Å². The van der Waals surface area contributed by atoms with Crippen molar-refractivity contribution < 1.29 is 5.11 Å². The Labute approximate surface area is 94.1 Å². The zero-order chi connectivity index (χ0) is 10.7. The Balaban J connectivity index is 2.12. The highest BCUT2D eigenvalue weighted by Gasteiger charge is 2.25. The number of nitrogens with zero attached hydrogens (tertiary/aromatic N) is 1. The molecule has 2 heterocycles. The number of aliphatic hydroxyl groups excluding tert-OH is 1. The topological polar surface area (TPSA) is 59.1 Å². The molecule has 1 saturated heterocycles. The first-order chi connectivity index (χ1) is 7.29. The molecule has 1 aromatic rings. The lowest BCUT2D eigenvalue weighted by Gasteiger charge is -2.26. The van der Waals surface area contributed by atoms with E-state index < -0.39 is 6.10 Å². The van der Waals surface area contributed by atoms with Gasteiger partial charge in [-0.25, -0.2) is 4.98 Å². The van der Waals surface area contributed by atoms with Crippen LogP contribution in [0.15, 0.2) is 18.3 Å². The van der Waals surface area contributed by atoms with E-state index in [2.05, 4.69) is 4.98 Å². The van der Waals surface area contributed by atoms with E-state index in [1.165, 1.54) is 12.8 Å². The van der Waals surface area contributed by atoms with Gasteiger partial charge in [0.25, 0.3) is 0 Å². The zero-order valence-corrected chi connectivity index (χ0v) is 9.41. The molecule has 3 N–H and O–H groups in total. The number of rotatable bonds is 2. The molecule has 1 fully saturated rings. The molecule has 0 radical (unpaired) electrons. The van der Waals surface area contributed by atoms with Crippen molar-refractivity contribution in [3.05, 3.63) is 23.9 Å². The van der Waals surface area contributed by atoms with Crippen molar-refractivity contribution in [2.45, 2.75) is 30.6 Å². The van der Waals surface area contributed by atoms with Crippen molar-refractivity contribution in [2.24, 2.45) is 0 Å². The summed E-state index contributed by atoms with van der Waals surface area (Å²) in [5, 5.41) is 10.5. The van der Waals surface area contributed by atoms with Crippen LogP contribution in [0.3, 0.4) is 0 Å². The van der Waals surface area contributed by atoms with Crippen LogP contribution in [-0.4, -0.2) is 21.1 Å². The second kappa shape index (κ2) is 4.86. The third-order valence-electron chi connectivity index (χ3n) is 2.76. The Hall–Kier alpha value is -0.740. The smallest absolute Gasteiger partial charge is 0.129 e. The van der Waals surface area contributed by atoms with Gasteiger partial charge in [-0.15, -0.1) is 0 Å². The van der Waals surface area contributed by atoms with Crippen molar-refractivity contribution in [1.82, 2.24) is 4.98 Å². The quantitative estimate of drug-likeness (QED) is 0.806. The number of pyridine rings is 1. The van der Waals surface area contributed by atoms with Gasteiger partial charge < -0.3 is 10.8 Å². The van der Waals surface area contributed by atoms with Gasteiger partial charge in [0.05, 0.1) is 6.10 Å². The number of nitrogen functional groups attached to an aromatic ring is 1. The molecule has 3 nitrogen and oxygen atoms in total. The fourth-order valence-corrected chi connectivity index (χ4v) is 3.23. The van der Waals surface area contributed by atoms with Crippen molar-refractivity contribution in [3.8, 4) is 0 Å². The minimum atomic E-state index is -0.469. The van der Waals surface area contributed by atoms with Crippen LogP contribution in [0.5, 0.6) is 0 Å². The Morgan fingerprint density at radius 2 is 2.40 bits per heavy atom. The van der Waals surface area contributed by atoms with Crippen LogP contribution in [0, 0.1) is 0 Å². The molecule has 0 spiro atoms. The summed E-state index contributed by atoms with van der Waals surface area (Å²) < 4.78 is 0. The lowest BCUT2D eigenvalue weighted by molar-refractivity contribution is 0.169. The predicted octanol–water partition coefficient (Wildman–Crippen LogP) is 1.98. The molecule has 0 bridgehead atoms. The molecule has 82 valence electrons. The lowest BCUT2D eigenvalue weighted by Crippen LogP contribution is -2.20. The molecule has 1 aliphatic heterocycles. The highest BCUT2D eigenvalue weighted by atomic mass is 32.2. The first-order valence-electron chi connectivity index (χ1n) is 5.29. The fourth-order valence-electron chi connectivity index (χ4n) is 1.89. The van der Waals surface area contributed by atoms with Gasteiger partial charge in [0, 0.05) is 17.0 Å². The molecule has 0 aromatic carbocycles. The monoisotopic (exact) mass is 224 g/mol. The highest BCUT2D eigenvalue weighted by molar-refractivity contribution is 7.99. The Morgan fingerprint density at radius 1 is 1.53 bits per heavy atom. The summed E-state index contributed by atoms with van der Waals surface area (Å²) in [6, 6.07) is 3.69. The summed E-state index contributed by atoms with van der Waals surface area (Å²) in [7, 11) is 0. The number of aliphatic hydroxyl groups is 1. The zero-order valence-electron chi connectivity index (χ0n) is 8.60. The summed E-state index contributed by atoms with van der Waals surface area (Å²) in [6.07, 6.45) is 4.72. The predicted molar refractivity (Wildman–Crippen MR) is 63.7 cm³/mol. The average molecular weight is 224 g/mol. The Kier molecular flexibility index (Phi) is 3.49. The van der Waals surface area contributed by atoms with Gasteiger partial charge in [0.2, 0.25) is 0 Å². The van der Waals surface area contributed by atoms with E-state index in [4.69, 9.17) is 5.73 Å². The molecule has 2 unspecified atom stereocenters.